The number of hydrogen-bond donors (Lipinski definition) is 1. The van der Waals surface area contributed by atoms with Crippen molar-refractivity contribution in [1.82, 2.24) is 9.55 Å². The maximum atomic E-state index is 10.3. The first-order chi connectivity index (χ1) is 9.40. The molecule has 0 aliphatic heterocycles. The van der Waals surface area contributed by atoms with Crippen molar-refractivity contribution in [1.29, 1.82) is 0 Å². The lowest BCUT2D eigenvalue weighted by molar-refractivity contribution is 0.119. The topological polar surface area (TPSA) is 38.0 Å². The van der Waals surface area contributed by atoms with Crippen molar-refractivity contribution < 1.29 is 5.11 Å². The van der Waals surface area contributed by atoms with Crippen LogP contribution in [0, 0.1) is 5.41 Å². The summed E-state index contributed by atoms with van der Waals surface area (Å²) in [5, 5.41) is 10.3. The molecule has 110 valence electrons. The van der Waals surface area contributed by atoms with Gasteiger partial charge in [0.25, 0.3) is 0 Å². The van der Waals surface area contributed by atoms with Gasteiger partial charge >= 0.3 is 0 Å². The van der Waals surface area contributed by atoms with Crippen LogP contribution in [-0.4, -0.2) is 20.8 Å². The molecule has 1 unspecified atom stereocenters. The van der Waals surface area contributed by atoms with Crippen LogP contribution < -0.4 is 0 Å². The summed E-state index contributed by atoms with van der Waals surface area (Å²) < 4.78 is 2.25. The summed E-state index contributed by atoms with van der Waals surface area (Å²) in [6.07, 6.45) is 2.17. The van der Waals surface area contributed by atoms with Crippen LogP contribution in [0.1, 0.15) is 46.4 Å². The van der Waals surface area contributed by atoms with Crippen molar-refractivity contribution in [2.75, 3.05) is 0 Å². The lowest BCUT2D eigenvalue weighted by Gasteiger charge is -2.22. The van der Waals surface area contributed by atoms with Gasteiger partial charge in [-0.05, 0) is 30.4 Å². The van der Waals surface area contributed by atoms with Crippen molar-refractivity contribution in [2.45, 2.75) is 59.6 Å². The molecule has 0 bridgehead atoms. The normalized spacial score (nSPS) is 13.8. The van der Waals surface area contributed by atoms with E-state index in [1.807, 2.05) is 18.2 Å². The smallest absolute Gasteiger partial charge is 0.112 e. The maximum Gasteiger partial charge on any atom is 0.112 e. The first kappa shape index (κ1) is 15.0. The van der Waals surface area contributed by atoms with Gasteiger partial charge in [-0.3, -0.25) is 0 Å². The second-order valence-corrected chi connectivity index (χ2v) is 6.79. The number of aromatic nitrogens is 2. The molecule has 0 fully saturated rings. The molecule has 0 aliphatic carbocycles. The van der Waals surface area contributed by atoms with E-state index in [0.717, 1.165) is 30.7 Å². The Labute approximate surface area is 121 Å². The Morgan fingerprint density at radius 2 is 1.95 bits per heavy atom. The van der Waals surface area contributed by atoms with Gasteiger partial charge in [0.2, 0.25) is 0 Å². The summed E-state index contributed by atoms with van der Waals surface area (Å²) in [6.45, 7) is 9.60. The number of aliphatic hydroxyl groups excluding tert-OH is 1. The highest BCUT2D eigenvalue weighted by atomic mass is 16.3. The highest BCUT2D eigenvalue weighted by Crippen LogP contribution is 2.24. The zero-order chi connectivity index (χ0) is 14.8. The minimum absolute atomic E-state index is 0.140. The minimum atomic E-state index is -0.331. The molecule has 3 heteroatoms. The van der Waals surface area contributed by atoms with Gasteiger partial charge in [-0.1, -0.05) is 39.8 Å². The summed E-state index contributed by atoms with van der Waals surface area (Å²) in [7, 11) is 0. The molecule has 3 nitrogen and oxygen atoms in total. The first-order valence-corrected chi connectivity index (χ1v) is 7.53. The molecule has 1 aromatic carbocycles. The van der Waals surface area contributed by atoms with E-state index in [0.29, 0.717) is 6.42 Å². The fourth-order valence-corrected chi connectivity index (χ4v) is 2.74. The number of fused-ring (bicyclic) bond motifs is 1. The van der Waals surface area contributed by atoms with E-state index in [1.165, 1.54) is 5.52 Å². The van der Waals surface area contributed by atoms with Crippen molar-refractivity contribution >= 4 is 11.0 Å². The molecule has 2 rings (SSSR count). The second kappa shape index (κ2) is 5.96. The van der Waals surface area contributed by atoms with Gasteiger partial charge in [-0.15, -0.1) is 0 Å². The lowest BCUT2D eigenvalue weighted by Crippen LogP contribution is -2.21. The standard InChI is InChI=1S/C17H26N2O/c1-5-10-19-15-9-7-6-8-14(15)18-16(19)11-13(20)12-17(2,3)4/h6-9,13,20H,5,10-12H2,1-4H3. The number of aryl methyl sites for hydroxylation is 1. The second-order valence-electron chi connectivity index (χ2n) is 6.79. The molecule has 0 amide bonds. The van der Waals surface area contributed by atoms with E-state index >= 15 is 0 Å². The van der Waals surface area contributed by atoms with Gasteiger partial charge in [0, 0.05) is 13.0 Å². The Bertz CT molecular complexity index is 566. The van der Waals surface area contributed by atoms with Gasteiger partial charge < -0.3 is 9.67 Å². The van der Waals surface area contributed by atoms with E-state index in [-0.39, 0.29) is 11.5 Å². The van der Waals surface area contributed by atoms with E-state index in [9.17, 15) is 5.11 Å². The number of rotatable bonds is 5. The number of imidazole rings is 1. The molecule has 0 saturated heterocycles. The average molecular weight is 274 g/mol. The zero-order valence-corrected chi connectivity index (χ0v) is 13.1. The Balaban J connectivity index is 2.26. The third-order valence-corrected chi connectivity index (χ3v) is 3.45. The highest BCUT2D eigenvalue weighted by Gasteiger charge is 2.19. The van der Waals surface area contributed by atoms with E-state index in [1.54, 1.807) is 0 Å². The van der Waals surface area contributed by atoms with Crippen LogP contribution in [-0.2, 0) is 13.0 Å². The number of hydrogen-bond acceptors (Lipinski definition) is 2. The van der Waals surface area contributed by atoms with Crippen molar-refractivity contribution in [3.8, 4) is 0 Å². The third kappa shape index (κ3) is 3.60. The molecule has 1 N–H and O–H groups in total. The minimum Gasteiger partial charge on any atom is -0.393 e. The Morgan fingerprint density at radius 1 is 1.25 bits per heavy atom. The molecule has 20 heavy (non-hydrogen) atoms. The molecule has 2 aromatic rings. The predicted molar refractivity (Wildman–Crippen MR) is 83.8 cm³/mol. The Hall–Kier alpha value is -1.35. The van der Waals surface area contributed by atoms with Crippen LogP contribution in [0.3, 0.4) is 0 Å². The zero-order valence-electron chi connectivity index (χ0n) is 13.1. The molecule has 1 aromatic heterocycles. The third-order valence-electron chi connectivity index (χ3n) is 3.45. The monoisotopic (exact) mass is 274 g/mol. The summed E-state index contributed by atoms with van der Waals surface area (Å²) >= 11 is 0. The number of nitrogens with zero attached hydrogens (tertiary/aromatic N) is 2. The lowest BCUT2D eigenvalue weighted by atomic mass is 9.88. The molecule has 0 spiro atoms. The van der Waals surface area contributed by atoms with Gasteiger partial charge in [0.15, 0.2) is 0 Å². The number of benzene rings is 1. The fourth-order valence-electron chi connectivity index (χ4n) is 2.74. The molecular weight excluding hydrogens is 248 g/mol. The van der Waals surface area contributed by atoms with Crippen LogP contribution in [0.5, 0.6) is 0 Å². The molecule has 1 atom stereocenters. The largest absolute Gasteiger partial charge is 0.393 e. The molecule has 1 heterocycles. The van der Waals surface area contributed by atoms with Gasteiger partial charge in [0.1, 0.15) is 5.82 Å². The van der Waals surface area contributed by atoms with Crippen molar-refractivity contribution in [2.24, 2.45) is 5.41 Å². The molecule has 0 radical (unpaired) electrons. The van der Waals surface area contributed by atoms with Crippen LogP contribution in [0.2, 0.25) is 0 Å². The Kier molecular flexibility index (Phi) is 4.48. The number of aliphatic hydroxyl groups is 1. The number of para-hydroxylation sites is 2. The van der Waals surface area contributed by atoms with E-state index in [2.05, 4.69) is 38.3 Å². The first-order valence-electron chi connectivity index (χ1n) is 7.53. The fraction of sp³-hybridized carbons (Fsp3) is 0.588. The Morgan fingerprint density at radius 3 is 2.60 bits per heavy atom. The summed E-state index contributed by atoms with van der Waals surface area (Å²) in [5.41, 5.74) is 2.34. The van der Waals surface area contributed by atoms with Crippen LogP contribution in [0.4, 0.5) is 0 Å². The maximum absolute atomic E-state index is 10.3. The molecule has 0 aliphatic rings. The highest BCUT2D eigenvalue weighted by molar-refractivity contribution is 5.75. The van der Waals surface area contributed by atoms with Gasteiger partial charge in [-0.25, -0.2) is 4.98 Å². The summed E-state index contributed by atoms with van der Waals surface area (Å²) in [4.78, 5) is 4.70. The van der Waals surface area contributed by atoms with E-state index in [4.69, 9.17) is 4.98 Å². The van der Waals surface area contributed by atoms with Gasteiger partial charge in [-0.2, -0.15) is 0 Å². The van der Waals surface area contributed by atoms with Crippen molar-refractivity contribution in [3.63, 3.8) is 0 Å². The van der Waals surface area contributed by atoms with Crippen LogP contribution in [0.15, 0.2) is 24.3 Å². The average Bonchev–Trinajstić information content (AvgIpc) is 2.66. The molecule has 0 saturated carbocycles. The molecular formula is C17H26N2O. The van der Waals surface area contributed by atoms with E-state index < -0.39 is 0 Å². The van der Waals surface area contributed by atoms with Crippen LogP contribution >= 0.6 is 0 Å². The summed E-state index contributed by atoms with van der Waals surface area (Å²) in [5.74, 6) is 1.00. The SMILES string of the molecule is CCCn1c(CC(O)CC(C)(C)C)nc2ccccc21. The van der Waals surface area contributed by atoms with Crippen molar-refractivity contribution in [3.05, 3.63) is 30.1 Å². The van der Waals surface area contributed by atoms with Gasteiger partial charge in [0.05, 0.1) is 17.1 Å². The summed E-state index contributed by atoms with van der Waals surface area (Å²) in [6, 6.07) is 8.21. The predicted octanol–water partition coefficient (Wildman–Crippen LogP) is 3.79. The van der Waals surface area contributed by atoms with Crippen LogP contribution in [0.25, 0.3) is 11.0 Å². The quantitative estimate of drug-likeness (QED) is 0.901.